The average Bonchev–Trinajstić information content (AvgIpc) is 2.58. The minimum absolute atomic E-state index is 0.144. The second-order valence-corrected chi connectivity index (χ2v) is 5.52. The van der Waals surface area contributed by atoms with E-state index in [1.54, 1.807) is 0 Å². The van der Waals surface area contributed by atoms with E-state index in [2.05, 4.69) is 17.6 Å². The van der Waals surface area contributed by atoms with Gasteiger partial charge in [0.25, 0.3) is 0 Å². The van der Waals surface area contributed by atoms with Crippen LogP contribution in [0.5, 0.6) is 0 Å². The van der Waals surface area contributed by atoms with Gasteiger partial charge in [0.1, 0.15) is 0 Å². The molecule has 2 heterocycles. The standard InChI is InChI=1S/C13H25N3O/c1-11-5-8-16(9-6-11)13(17)15-12-4-2-3-7-14-10-12/h11-12,14H,2-10H2,1H3,(H,15,17). The first-order valence-corrected chi connectivity index (χ1v) is 7.02. The van der Waals surface area contributed by atoms with Crippen molar-refractivity contribution in [3.8, 4) is 0 Å². The topological polar surface area (TPSA) is 44.4 Å². The molecule has 98 valence electrons. The van der Waals surface area contributed by atoms with Crippen molar-refractivity contribution in [1.29, 1.82) is 0 Å². The van der Waals surface area contributed by atoms with Gasteiger partial charge in [-0.15, -0.1) is 0 Å². The van der Waals surface area contributed by atoms with Gasteiger partial charge < -0.3 is 15.5 Å². The molecule has 0 aromatic heterocycles. The number of likely N-dealkylation sites (tertiary alicyclic amines) is 1. The number of piperidine rings is 1. The maximum absolute atomic E-state index is 12.1. The van der Waals surface area contributed by atoms with Crippen molar-refractivity contribution in [2.24, 2.45) is 5.92 Å². The SMILES string of the molecule is CC1CCN(C(=O)NC2CCCCNC2)CC1. The van der Waals surface area contributed by atoms with Gasteiger partial charge in [-0.1, -0.05) is 13.3 Å². The molecule has 2 saturated heterocycles. The third-order valence-corrected chi connectivity index (χ3v) is 3.95. The summed E-state index contributed by atoms with van der Waals surface area (Å²) in [6.07, 6.45) is 5.86. The van der Waals surface area contributed by atoms with Gasteiger partial charge in [-0.2, -0.15) is 0 Å². The summed E-state index contributed by atoms with van der Waals surface area (Å²) in [5, 5.41) is 6.55. The van der Waals surface area contributed by atoms with Crippen LogP contribution in [0.15, 0.2) is 0 Å². The number of nitrogens with zero attached hydrogens (tertiary/aromatic N) is 1. The molecule has 0 aliphatic carbocycles. The summed E-state index contributed by atoms with van der Waals surface area (Å²) >= 11 is 0. The Morgan fingerprint density at radius 3 is 2.76 bits per heavy atom. The molecule has 2 fully saturated rings. The Balaban J connectivity index is 1.75. The molecule has 2 aliphatic rings. The van der Waals surface area contributed by atoms with Gasteiger partial charge in [-0.05, 0) is 38.1 Å². The first-order chi connectivity index (χ1) is 8.25. The van der Waals surface area contributed by atoms with Gasteiger partial charge in [0.05, 0.1) is 0 Å². The molecule has 0 bridgehead atoms. The van der Waals surface area contributed by atoms with E-state index in [0.29, 0.717) is 6.04 Å². The fourth-order valence-electron chi connectivity index (χ4n) is 2.62. The van der Waals surface area contributed by atoms with Crippen molar-refractivity contribution >= 4 is 6.03 Å². The molecule has 2 aliphatic heterocycles. The summed E-state index contributed by atoms with van der Waals surface area (Å²) in [6, 6.07) is 0.468. The van der Waals surface area contributed by atoms with Crippen LogP contribution in [0.4, 0.5) is 4.79 Å². The van der Waals surface area contributed by atoms with Crippen molar-refractivity contribution < 1.29 is 4.79 Å². The lowest BCUT2D eigenvalue weighted by Crippen LogP contribution is -2.49. The highest BCUT2D eigenvalue weighted by Gasteiger charge is 2.22. The van der Waals surface area contributed by atoms with E-state index in [0.717, 1.165) is 51.4 Å². The average molecular weight is 239 g/mol. The molecule has 1 atom stereocenters. The molecule has 2 N–H and O–H groups in total. The number of rotatable bonds is 1. The third kappa shape index (κ3) is 3.87. The highest BCUT2D eigenvalue weighted by atomic mass is 16.2. The number of urea groups is 1. The van der Waals surface area contributed by atoms with Crippen molar-refractivity contribution in [1.82, 2.24) is 15.5 Å². The van der Waals surface area contributed by atoms with E-state index in [4.69, 9.17) is 0 Å². The fourth-order valence-corrected chi connectivity index (χ4v) is 2.62. The quantitative estimate of drug-likeness (QED) is 0.729. The van der Waals surface area contributed by atoms with Gasteiger partial charge in [-0.3, -0.25) is 0 Å². The molecule has 17 heavy (non-hydrogen) atoms. The minimum atomic E-state index is 0.144. The van der Waals surface area contributed by atoms with Gasteiger partial charge >= 0.3 is 6.03 Å². The van der Waals surface area contributed by atoms with Gasteiger partial charge in [0, 0.05) is 25.7 Å². The molecule has 1 unspecified atom stereocenters. The summed E-state index contributed by atoms with van der Waals surface area (Å²) in [5.74, 6) is 0.776. The molecule has 0 saturated carbocycles. The van der Waals surface area contributed by atoms with E-state index in [9.17, 15) is 4.79 Å². The summed E-state index contributed by atoms with van der Waals surface area (Å²) in [5.41, 5.74) is 0. The zero-order valence-corrected chi connectivity index (χ0v) is 10.9. The zero-order valence-electron chi connectivity index (χ0n) is 10.9. The van der Waals surface area contributed by atoms with Crippen molar-refractivity contribution in [3.05, 3.63) is 0 Å². The van der Waals surface area contributed by atoms with Crippen LogP contribution in [-0.4, -0.2) is 43.2 Å². The monoisotopic (exact) mass is 239 g/mol. The molecule has 0 aromatic rings. The van der Waals surface area contributed by atoms with Crippen LogP contribution in [0.3, 0.4) is 0 Å². The van der Waals surface area contributed by atoms with Crippen LogP contribution in [0.25, 0.3) is 0 Å². The Morgan fingerprint density at radius 1 is 1.24 bits per heavy atom. The first-order valence-electron chi connectivity index (χ1n) is 7.02. The lowest BCUT2D eigenvalue weighted by molar-refractivity contribution is 0.170. The number of carbonyl (C=O) groups excluding carboxylic acids is 1. The van der Waals surface area contributed by atoms with E-state index < -0.39 is 0 Å². The van der Waals surface area contributed by atoms with Gasteiger partial charge in [0.2, 0.25) is 0 Å². The number of hydrogen-bond donors (Lipinski definition) is 2. The summed E-state index contributed by atoms with van der Waals surface area (Å²) in [4.78, 5) is 14.0. The van der Waals surface area contributed by atoms with Crippen LogP contribution >= 0.6 is 0 Å². The number of carbonyl (C=O) groups is 1. The molecular formula is C13H25N3O. The van der Waals surface area contributed by atoms with Crippen LogP contribution in [0, 0.1) is 5.92 Å². The van der Waals surface area contributed by atoms with Crippen LogP contribution < -0.4 is 10.6 Å². The van der Waals surface area contributed by atoms with Crippen LogP contribution in [-0.2, 0) is 0 Å². The number of nitrogens with one attached hydrogen (secondary N) is 2. The highest BCUT2D eigenvalue weighted by molar-refractivity contribution is 5.74. The molecule has 2 amide bonds. The largest absolute Gasteiger partial charge is 0.334 e. The van der Waals surface area contributed by atoms with E-state index in [1.807, 2.05) is 4.90 Å². The summed E-state index contributed by atoms with van der Waals surface area (Å²) in [7, 11) is 0. The predicted octanol–water partition coefficient (Wildman–Crippen LogP) is 1.57. The third-order valence-electron chi connectivity index (χ3n) is 3.95. The Labute approximate surface area is 104 Å². The second kappa shape index (κ2) is 6.24. The van der Waals surface area contributed by atoms with Gasteiger partial charge in [-0.25, -0.2) is 4.79 Å². The zero-order chi connectivity index (χ0) is 12.1. The van der Waals surface area contributed by atoms with Crippen LogP contribution in [0.1, 0.15) is 39.0 Å². The lowest BCUT2D eigenvalue weighted by atomic mass is 9.99. The normalized spacial score (nSPS) is 27.6. The van der Waals surface area contributed by atoms with Crippen molar-refractivity contribution in [3.63, 3.8) is 0 Å². The summed E-state index contributed by atoms with van der Waals surface area (Å²) < 4.78 is 0. The van der Waals surface area contributed by atoms with Crippen molar-refractivity contribution in [2.75, 3.05) is 26.2 Å². The lowest BCUT2D eigenvalue weighted by Gasteiger charge is -2.31. The molecule has 2 rings (SSSR count). The molecule has 0 radical (unpaired) electrons. The molecule has 0 aromatic carbocycles. The number of hydrogen-bond acceptors (Lipinski definition) is 2. The maximum Gasteiger partial charge on any atom is 0.317 e. The van der Waals surface area contributed by atoms with Gasteiger partial charge in [0.15, 0.2) is 0 Å². The Hall–Kier alpha value is -0.770. The second-order valence-electron chi connectivity index (χ2n) is 5.52. The molecule has 4 nitrogen and oxygen atoms in total. The Morgan fingerprint density at radius 2 is 2.00 bits per heavy atom. The fraction of sp³-hybridized carbons (Fsp3) is 0.923. The molecule has 0 spiro atoms. The molecule has 4 heteroatoms. The predicted molar refractivity (Wildman–Crippen MR) is 69.0 cm³/mol. The number of amides is 2. The summed E-state index contributed by atoms with van der Waals surface area (Å²) in [6.45, 7) is 6.13. The smallest absolute Gasteiger partial charge is 0.317 e. The first kappa shape index (κ1) is 12.7. The Kier molecular flexibility index (Phi) is 4.66. The Bertz CT molecular complexity index is 241. The maximum atomic E-state index is 12.1. The van der Waals surface area contributed by atoms with E-state index >= 15 is 0 Å². The van der Waals surface area contributed by atoms with Crippen LogP contribution in [0.2, 0.25) is 0 Å². The molecular weight excluding hydrogens is 214 g/mol. The van der Waals surface area contributed by atoms with E-state index in [-0.39, 0.29) is 6.03 Å². The van der Waals surface area contributed by atoms with Crippen molar-refractivity contribution in [2.45, 2.75) is 45.1 Å². The van der Waals surface area contributed by atoms with E-state index in [1.165, 1.54) is 12.8 Å². The minimum Gasteiger partial charge on any atom is -0.334 e. The highest BCUT2D eigenvalue weighted by Crippen LogP contribution is 2.16.